The molecule has 194 valence electrons. The van der Waals surface area contributed by atoms with Gasteiger partial charge in [0.05, 0.1) is 12.0 Å². The molecule has 8 heteroatoms. The van der Waals surface area contributed by atoms with Gasteiger partial charge in [-0.2, -0.15) is 0 Å². The minimum Gasteiger partial charge on any atom is -0.425 e. The Labute approximate surface area is 213 Å². The van der Waals surface area contributed by atoms with Crippen molar-refractivity contribution in [3.63, 3.8) is 0 Å². The highest BCUT2D eigenvalue weighted by atomic mass is 16.5. The van der Waals surface area contributed by atoms with Crippen LogP contribution in [0.2, 0.25) is 0 Å². The molecule has 36 heavy (non-hydrogen) atoms. The van der Waals surface area contributed by atoms with E-state index in [1.807, 2.05) is 62.2 Å². The van der Waals surface area contributed by atoms with E-state index in [1.165, 1.54) is 0 Å². The number of carbonyl (C=O) groups is 3. The van der Waals surface area contributed by atoms with Gasteiger partial charge in [-0.15, -0.1) is 0 Å². The molecule has 0 saturated heterocycles. The first kappa shape index (κ1) is 27.4. The van der Waals surface area contributed by atoms with Crippen molar-refractivity contribution >= 4 is 23.5 Å². The highest BCUT2D eigenvalue weighted by molar-refractivity contribution is 5.91. The van der Waals surface area contributed by atoms with E-state index in [1.54, 1.807) is 31.1 Å². The smallest absolute Gasteiger partial charge is 0.333 e. The second-order valence-corrected chi connectivity index (χ2v) is 9.43. The zero-order valence-electron chi connectivity index (χ0n) is 21.8. The van der Waals surface area contributed by atoms with Crippen molar-refractivity contribution < 1.29 is 23.9 Å². The van der Waals surface area contributed by atoms with E-state index in [0.29, 0.717) is 30.9 Å². The summed E-state index contributed by atoms with van der Waals surface area (Å²) in [4.78, 5) is 42.6. The molecule has 0 spiro atoms. The predicted octanol–water partition coefficient (Wildman–Crippen LogP) is 3.84. The Hall–Kier alpha value is -3.23. The van der Waals surface area contributed by atoms with Crippen molar-refractivity contribution in [2.24, 2.45) is 5.92 Å². The van der Waals surface area contributed by atoms with Gasteiger partial charge in [0.1, 0.15) is 11.8 Å². The van der Waals surface area contributed by atoms with Crippen LogP contribution in [-0.2, 0) is 32.2 Å². The highest BCUT2D eigenvalue weighted by Gasteiger charge is 2.35. The van der Waals surface area contributed by atoms with E-state index in [4.69, 9.17) is 9.47 Å². The van der Waals surface area contributed by atoms with Crippen molar-refractivity contribution in [2.75, 3.05) is 26.0 Å². The number of hydrogen-bond acceptors (Lipinski definition) is 6. The summed E-state index contributed by atoms with van der Waals surface area (Å²) in [5.74, 6) is -0.823. The number of benzene rings is 2. The molecule has 0 radical (unpaired) electrons. The molecule has 2 aromatic carbocycles. The van der Waals surface area contributed by atoms with Gasteiger partial charge in [-0.25, -0.2) is 4.79 Å². The van der Waals surface area contributed by atoms with Crippen molar-refractivity contribution in [3.05, 3.63) is 59.7 Å². The number of amides is 2. The molecule has 1 heterocycles. The van der Waals surface area contributed by atoms with Crippen LogP contribution in [0.4, 0.5) is 5.69 Å². The molecule has 0 aliphatic carbocycles. The maximum absolute atomic E-state index is 13.6. The summed E-state index contributed by atoms with van der Waals surface area (Å²) in [6, 6.07) is 14.0. The minimum absolute atomic E-state index is 0.0621. The van der Waals surface area contributed by atoms with Gasteiger partial charge in [0.25, 0.3) is 0 Å². The van der Waals surface area contributed by atoms with Crippen molar-refractivity contribution in [1.82, 2.24) is 9.80 Å². The number of nitrogens with one attached hydrogen (secondary N) is 1. The van der Waals surface area contributed by atoms with Crippen LogP contribution in [0.1, 0.15) is 44.7 Å². The molecule has 3 rings (SSSR count). The number of ether oxygens (including phenoxy) is 2. The van der Waals surface area contributed by atoms with Crippen LogP contribution in [0, 0.1) is 5.92 Å². The fourth-order valence-electron chi connectivity index (χ4n) is 4.36. The maximum Gasteiger partial charge on any atom is 0.333 e. The number of nitrogens with zero attached hydrogens (tertiary/aromatic N) is 2. The number of methoxy groups -OCH3 is 1. The Bertz CT molecular complexity index is 1060. The SMILES string of the molecule is CCCC(=O)Nc1ccc2c(c1)CN(C)C[C@H](OC)[C@@H](C)C(=O)N(Cc1ccccc1)[C@@H](C)C(=O)O2. The quantitative estimate of drug-likeness (QED) is 0.484. The zero-order chi connectivity index (χ0) is 26.2. The molecule has 0 aromatic heterocycles. The summed E-state index contributed by atoms with van der Waals surface area (Å²) in [5, 5.41) is 2.91. The number of anilines is 1. The number of esters is 1. The molecular formula is C28H37N3O5. The van der Waals surface area contributed by atoms with Gasteiger partial charge in [0.2, 0.25) is 11.8 Å². The van der Waals surface area contributed by atoms with E-state index in [-0.39, 0.29) is 24.5 Å². The third-order valence-corrected chi connectivity index (χ3v) is 6.50. The number of hydrogen-bond donors (Lipinski definition) is 1. The molecule has 0 bridgehead atoms. The summed E-state index contributed by atoms with van der Waals surface area (Å²) in [7, 11) is 3.52. The number of likely N-dealkylation sites (N-methyl/N-ethyl adjacent to an activating group) is 1. The summed E-state index contributed by atoms with van der Waals surface area (Å²) >= 11 is 0. The third kappa shape index (κ3) is 6.92. The molecule has 2 aromatic rings. The summed E-state index contributed by atoms with van der Waals surface area (Å²) < 4.78 is 11.6. The van der Waals surface area contributed by atoms with Crippen molar-refractivity contribution in [3.8, 4) is 5.75 Å². The fraction of sp³-hybridized carbons (Fsp3) is 0.464. The Morgan fingerprint density at radius 3 is 2.53 bits per heavy atom. The average molecular weight is 496 g/mol. The first-order chi connectivity index (χ1) is 17.2. The van der Waals surface area contributed by atoms with Crippen LogP contribution in [-0.4, -0.2) is 60.4 Å². The molecule has 1 aliphatic rings. The van der Waals surface area contributed by atoms with Crippen LogP contribution < -0.4 is 10.1 Å². The number of carbonyl (C=O) groups excluding carboxylic acids is 3. The number of fused-ring (bicyclic) bond motifs is 1. The summed E-state index contributed by atoms with van der Waals surface area (Å²) in [6.45, 7) is 6.70. The normalized spacial score (nSPS) is 21.7. The van der Waals surface area contributed by atoms with Gasteiger partial charge >= 0.3 is 5.97 Å². The van der Waals surface area contributed by atoms with Crippen LogP contribution in [0.5, 0.6) is 5.75 Å². The molecule has 8 nitrogen and oxygen atoms in total. The van der Waals surface area contributed by atoms with Gasteiger partial charge in [-0.1, -0.05) is 44.2 Å². The lowest BCUT2D eigenvalue weighted by molar-refractivity contribution is -0.152. The second kappa shape index (κ2) is 12.6. The lowest BCUT2D eigenvalue weighted by Crippen LogP contribution is -2.50. The standard InChI is InChI=1S/C28H37N3O5/c1-6-10-26(32)29-23-13-14-24-22(15-23)17-30(4)18-25(35-5)19(2)27(33)31(20(3)28(34)36-24)16-21-11-8-7-9-12-21/h7-9,11-15,19-20,25H,6,10,16-18H2,1-5H3,(H,29,32)/t19-,20+,25+/m1/s1. The van der Waals surface area contributed by atoms with E-state index in [9.17, 15) is 14.4 Å². The van der Waals surface area contributed by atoms with Gasteiger partial charge < -0.3 is 19.7 Å². The Kier molecular flexibility index (Phi) is 9.61. The summed E-state index contributed by atoms with van der Waals surface area (Å²) in [5.41, 5.74) is 2.33. The van der Waals surface area contributed by atoms with Crippen LogP contribution in [0.15, 0.2) is 48.5 Å². The largest absolute Gasteiger partial charge is 0.425 e. The average Bonchev–Trinajstić information content (AvgIpc) is 2.86. The highest BCUT2D eigenvalue weighted by Crippen LogP contribution is 2.27. The van der Waals surface area contributed by atoms with Gasteiger partial charge in [0.15, 0.2) is 0 Å². The van der Waals surface area contributed by atoms with E-state index >= 15 is 0 Å². The Morgan fingerprint density at radius 2 is 1.86 bits per heavy atom. The van der Waals surface area contributed by atoms with Crippen LogP contribution >= 0.6 is 0 Å². The van der Waals surface area contributed by atoms with Gasteiger partial charge in [-0.05, 0) is 44.2 Å². The predicted molar refractivity (Wildman–Crippen MR) is 138 cm³/mol. The van der Waals surface area contributed by atoms with Crippen molar-refractivity contribution in [1.29, 1.82) is 0 Å². The van der Waals surface area contributed by atoms with Gasteiger partial charge in [0, 0.05) is 44.4 Å². The van der Waals surface area contributed by atoms with Gasteiger partial charge in [-0.3, -0.25) is 14.5 Å². The minimum atomic E-state index is -0.813. The molecule has 1 aliphatic heterocycles. The maximum atomic E-state index is 13.6. The molecule has 3 atom stereocenters. The topological polar surface area (TPSA) is 88.2 Å². The molecule has 0 fully saturated rings. The van der Waals surface area contributed by atoms with Crippen LogP contribution in [0.25, 0.3) is 0 Å². The summed E-state index contributed by atoms with van der Waals surface area (Å²) in [6.07, 6.45) is 0.811. The molecule has 0 saturated carbocycles. The lowest BCUT2D eigenvalue weighted by atomic mass is 10.00. The molecular weight excluding hydrogens is 458 g/mol. The first-order valence-electron chi connectivity index (χ1n) is 12.4. The van der Waals surface area contributed by atoms with E-state index < -0.39 is 17.9 Å². The third-order valence-electron chi connectivity index (χ3n) is 6.50. The molecule has 0 unspecified atom stereocenters. The first-order valence-corrected chi connectivity index (χ1v) is 12.4. The lowest BCUT2D eigenvalue weighted by Gasteiger charge is -2.35. The molecule has 1 N–H and O–H groups in total. The Morgan fingerprint density at radius 1 is 1.14 bits per heavy atom. The molecule has 2 amide bonds. The monoisotopic (exact) mass is 495 g/mol. The zero-order valence-corrected chi connectivity index (χ0v) is 21.8. The Balaban J connectivity index is 1.97. The van der Waals surface area contributed by atoms with Crippen molar-refractivity contribution in [2.45, 2.75) is 58.8 Å². The fourth-order valence-corrected chi connectivity index (χ4v) is 4.36. The second-order valence-electron chi connectivity index (χ2n) is 9.43. The number of rotatable bonds is 6. The van der Waals surface area contributed by atoms with E-state index in [2.05, 4.69) is 5.32 Å². The van der Waals surface area contributed by atoms with E-state index in [0.717, 1.165) is 17.5 Å². The van der Waals surface area contributed by atoms with Crippen LogP contribution in [0.3, 0.4) is 0 Å².